The molecule has 0 aliphatic carbocycles. The van der Waals surface area contributed by atoms with E-state index in [0.29, 0.717) is 6.54 Å². The van der Waals surface area contributed by atoms with Crippen LogP contribution in [0.15, 0.2) is 36.5 Å². The van der Waals surface area contributed by atoms with Gasteiger partial charge in [-0.2, -0.15) is 0 Å². The summed E-state index contributed by atoms with van der Waals surface area (Å²) in [5.41, 5.74) is 7.93. The summed E-state index contributed by atoms with van der Waals surface area (Å²) in [5.74, 6) is 0. The Balaban J connectivity index is 3.76. The predicted molar refractivity (Wildman–Crippen MR) is 73.6 cm³/mol. The number of carbonyl (C=O) groups excluding carboxylic acids is 1. The van der Waals surface area contributed by atoms with E-state index in [4.69, 9.17) is 0 Å². The van der Waals surface area contributed by atoms with Gasteiger partial charge in [0.2, 0.25) is 0 Å². The zero-order valence-electron chi connectivity index (χ0n) is 11.0. The lowest BCUT2D eigenvalue weighted by molar-refractivity contribution is -0.110. The van der Waals surface area contributed by atoms with Crippen LogP contribution in [0.1, 0.15) is 33.1 Å². The van der Waals surface area contributed by atoms with E-state index >= 15 is 0 Å². The Hall–Kier alpha value is -1.19. The maximum atomic E-state index is 10.8. The van der Waals surface area contributed by atoms with Crippen LogP contribution >= 0.6 is 0 Å². The maximum Gasteiger partial charge on any atom is 0.138 e. The zero-order chi connectivity index (χ0) is 13.1. The average Bonchev–Trinajstić information content (AvgIpc) is 2.30. The first kappa shape index (κ1) is 15.8. The third-order valence-electron chi connectivity index (χ3n) is 2.24. The zero-order valence-corrected chi connectivity index (χ0v) is 11.0. The highest BCUT2D eigenvalue weighted by Gasteiger charge is 2.04. The van der Waals surface area contributed by atoms with Crippen LogP contribution in [0.25, 0.3) is 0 Å². The summed E-state index contributed by atoms with van der Waals surface area (Å²) in [6.45, 7) is 12.3. The van der Waals surface area contributed by atoms with E-state index in [1.165, 1.54) is 0 Å². The second kappa shape index (κ2) is 10.00. The van der Waals surface area contributed by atoms with E-state index in [2.05, 4.69) is 30.9 Å². The van der Waals surface area contributed by atoms with Crippen molar-refractivity contribution >= 4 is 6.29 Å². The van der Waals surface area contributed by atoms with E-state index < -0.39 is 0 Å². The fourth-order valence-electron chi connectivity index (χ4n) is 1.21. The van der Waals surface area contributed by atoms with Gasteiger partial charge in [-0.15, -0.1) is 0 Å². The summed E-state index contributed by atoms with van der Waals surface area (Å²) in [6, 6.07) is -0.118. The van der Waals surface area contributed by atoms with Gasteiger partial charge in [0.15, 0.2) is 0 Å². The molecule has 0 aromatic rings. The molecule has 0 unspecified atom stereocenters. The molecule has 0 spiro atoms. The van der Waals surface area contributed by atoms with Crippen molar-refractivity contribution in [2.75, 3.05) is 6.54 Å². The largest absolute Gasteiger partial charge is 0.302 e. The molecule has 3 nitrogen and oxygen atoms in total. The van der Waals surface area contributed by atoms with E-state index in [-0.39, 0.29) is 6.04 Å². The molecule has 17 heavy (non-hydrogen) atoms. The van der Waals surface area contributed by atoms with Crippen molar-refractivity contribution < 1.29 is 4.79 Å². The Kier molecular flexibility index (Phi) is 9.30. The molecule has 0 radical (unpaired) electrons. The minimum absolute atomic E-state index is 0.118. The third-order valence-corrected chi connectivity index (χ3v) is 2.24. The van der Waals surface area contributed by atoms with Gasteiger partial charge in [0.25, 0.3) is 0 Å². The molecule has 1 atom stereocenters. The first-order valence-electron chi connectivity index (χ1n) is 6.05. The van der Waals surface area contributed by atoms with Gasteiger partial charge >= 0.3 is 0 Å². The predicted octanol–water partition coefficient (Wildman–Crippen LogP) is 2.53. The maximum absolute atomic E-state index is 10.8. The van der Waals surface area contributed by atoms with E-state index in [9.17, 15) is 4.79 Å². The molecule has 0 saturated carbocycles. The number of hydrazine groups is 1. The molecule has 3 heteroatoms. The minimum atomic E-state index is -0.118. The molecule has 0 amide bonds. The Morgan fingerprint density at radius 3 is 2.59 bits per heavy atom. The Morgan fingerprint density at radius 1 is 1.35 bits per heavy atom. The smallest absolute Gasteiger partial charge is 0.138 e. The van der Waals surface area contributed by atoms with Crippen LogP contribution in [0.4, 0.5) is 0 Å². The van der Waals surface area contributed by atoms with Gasteiger partial charge in [0.05, 0.1) is 6.04 Å². The molecule has 96 valence electrons. The highest BCUT2D eigenvalue weighted by Crippen LogP contribution is 1.98. The molecule has 0 aliphatic heterocycles. The van der Waals surface area contributed by atoms with Gasteiger partial charge in [-0.25, -0.2) is 5.43 Å². The summed E-state index contributed by atoms with van der Waals surface area (Å²) < 4.78 is 0. The number of hydrogen-bond donors (Lipinski definition) is 2. The molecule has 0 saturated heterocycles. The molecule has 0 aromatic carbocycles. The number of rotatable bonds is 10. The molecule has 0 aromatic heterocycles. The van der Waals surface area contributed by atoms with Gasteiger partial charge in [-0.05, 0) is 18.9 Å². The van der Waals surface area contributed by atoms with Crippen molar-refractivity contribution in [3.8, 4) is 0 Å². The number of allylic oxidation sites excluding steroid dienone is 2. The molecule has 0 rings (SSSR count). The van der Waals surface area contributed by atoms with Gasteiger partial charge in [-0.3, -0.25) is 5.43 Å². The number of hydrogen-bond acceptors (Lipinski definition) is 3. The van der Waals surface area contributed by atoms with Crippen LogP contribution in [-0.2, 0) is 4.79 Å². The standard InChI is InChI=1S/C14H24N2O/c1-5-6-7-14(11-17)16-15-10-13(4)9-8-12(2)3/h8-9,11,14-16H,2,4-7,10H2,1,3H3/b9-8-/t14-/m0/s1. The summed E-state index contributed by atoms with van der Waals surface area (Å²) in [6.07, 6.45) is 7.78. The lowest BCUT2D eigenvalue weighted by Crippen LogP contribution is -2.42. The Morgan fingerprint density at radius 2 is 2.06 bits per heavy atom. The van der Waals surface area contributed by atoms with E-state index in [0.717, 1.165) is 36.7 Å². The molecule has 0 aliphatic rings. The van der Waals surface area contributed by atoms with E-state index in [1.807, 2.05) is 19.1 Å². The first-order chi connectivity index (χ1) is 8.10. The summed E-state index contributed by atoms with van der Waals surface area (Å²) in [7, 11) is 0. The summed E-state index contributed by atoms with van der Waals surface area (Å²) in [5, 5.41) is 0. The number of carbonyl (C=O) groups is 1. The van der Waals surface area contributed by atoms with Gasteiger partial charge in [-0.1, -0.05) is 50.6 Å². The van der Waals surface area contributed by atoms with Crippen LogP contribution in [0, 0.1) is 0 Å². The lowest BCUT2D eigenvalue weighted by Gasteiger charge is -2.13. The van der Waals surface area contributed by atoms with Gasteiger partial charge in [0, 0.05) is 6.54 Å². The molecular formula is C14H24N2O. The van der Waals surface area contributed by atoms with Crippen molar-refractivity contribution in [1.82, 2.24) is 10.9 Å². The van der Waals surface area contributed by atoms with Crippen molar-refractivity contribution in [2.45, 2.75) is 39.2 Å². The fourth-order valence-corrected chi connectivity index (χ4v) is 1.21. The van der Waals surface area contributed by atoms with Gasteiger partial charge in [0.1, 0.15) is 6.29 Å². The Labute approximate surface area is 105 Å². The monoisotopic (exact) mass is 236 g/mol. The molecule has 2 N–H and O–H groups in total. The first-order valence-corrected chi connectivity index (χ1v) is 6.05. The highest BCUT2D eigenvalue weighted by molar-refractivity contribution is 5.57. The van der Waals surface area contributed by atoms with Crippen LogP contribution in [0.3, 0.4) is 0 Å². The SMILES string of the molecule is C=C(C)/C=C\C(=C)CNN[C@H](C=O)CCCC. The highest BCUT2D eigenvalue weighted by atomic mass is 16.1. The molecule has 0 heterocycles. The summed E-state index contributed by atoms with van der Waals surface area (Å²) >= 11 is 0. The summed E-state index contributed by atoms with van der Waals surface area (Å²) in [4.78, 5) is 10.8. The fraction of sp³-hybridized carbons (Fsp3) is 0.500. The van der Waals surface area contributed by atoms with Crippen LogP contribution in [-0.4, -0.2) is 18.9 Å². The topological polar surface area (TPSA) is 41.1 Å². The Bertz CT molecular complexity index is 282. The number of unbranched alkanes of at least 4 members (excludes halogenated alkanes) is 1. The second-order valence-electron chi connectivity index (χ2n) is 4.22. The van der Waals surface area contributed by atoms with Crippen molar-refractivity contribution in [2.24, 2.45) is 0 Å². The lowest BCUT2D eigenvalue weighted by atomic mass is 10.1. The molecule has 0 bridgehead atoms. The normalized spacial score (nSPS) is 12.6. The molecule has 0 fully saturated rings. The minimum Gasteiger partial charge on any atom is -0.302 e. The van der Waals surface area contributed by atoms with Crippen LogP contribution < -0.4 is 10.9 Å². The van der Waals surface area contributed by atoms with Gasteiger partial charge < -0.3 is 4.79 Å². The molecular weight excluding hydrogens is 212 g/mol. The van der Waals surface area contributed by atoms with Crippen molar-refractivity contribution in [1.29, 1.82) is 0 Å². The van der Waals surface area contributed by atoms with E-state index in [1.54, 1.807) is 0 Å². The average molecular weight is 236 g/mol. The quantitative estimate of drug-likeness (QED) is 0.348. The van der Waals surface area contributed by atoms with Crippen molar-refractivity contribution in [3.63, 3.8) is 0 Å². The number of aldehydes is 1. The van der Waals surface area contributed by atoms with Crippen molar-refractivity contribution in [3.05, 3.63) is 36.5 Å². The van der Waals surface area contributed by atoms with Crippen LogP contribution in [0.2, 0.25) is 0 Å². The second-order valence-corrected chi connectivity index (χ2v) is 4.22. The van der Waals surface area contributed by atoms with Crippen LogP contribution in [0.5, 0.6) is 0 Å². The third kappa shape index (κ3) is 9.72. The number of nitrogens with one attached hydrogen (secondary N) is 2.